The molecule has 0 amide bonds. The molecular weight excluding hydrogens is 399 g/mol. The number of aryl methyl sites for hydroxylation is 3. The summed E-state index contributed by atoms with van der Waals surface area (Å²) >= 11 is 0. The Hall–Kier alpha value is -3.43. The number of Topliss-reactive ketones (excluding diaryl/α,β-unsaturated/α-hetero) is 1. The van der Waals surface area contributed by atoms with Gasteiger partial charge in [-0.1, -0.05) is 70.8 Å². The molecule has 0 aliphatic heterocycles. The number of carbonyl (C=O) groups excluding carboxylic acids is 2. The Balaban J connectivity index is 0.000000248. The van der Waals surface area contributed by atoms with Crippen molar-refractivity contribution in [2.45, 2.75) is 20.8 Å². The monoisotopic (exact) mass is 421 g/mol. The van der Waals surface area contributed by atoms with Gasteiger partial charge < -0.3 is 5.11 Å². The molecule has 3 aromatic rings. The highest BCUT2D eigenvalue weighted by Gasteiger charge is 2.34. The molecule has 1 atom stereocenters. The van der Waals surface area contributed by atoms with Gasteiger partial charge in [0.15, 0.2) is 5.30 Å². The average Bonchev–Trinajstić information content (AvgIpc) is 2.73. The third-order valence-corrected chi connectivity index (χ3v) is 5.66. The Morgan fingerprint density at radius 2 is 1.23 bits per heavy atom. The van der Waals surface area contributed by atoms with Crippen molar-refractivity contribution in [2.75, 3.05) is 0 Å². The quantitative estimate of drug-likeness (QED) is 0.361. The van der Waals surface area contributed by atoms with Crippen LogP contribution in [0, 0.1) is 20.8 Å². The van der Waals surface area contributed by atoms with E-state index in [1.807, 2.05) is 39.0 Å². The van der Waals surface area contributed by atoms with Crippen LogP contribution < -0.4 is 5.30 Å². The van der Waals surface area contributed by atoms with E-state index in [2.05, 4.69) is 0 Å². The van der Waals surface area contributed by atoms with Crippen LogP contribution in [0.3, 0.4) is 0 Å². The molecule has 0 spiro atoms. The van der Waals surface area contributed by atoms with Gasteiger partial charge in [0.05, 0.1) is 5.56 Å². The topological polar surface area (TPSA) is 88.5 Å². The van der Waals surface area contributed by atoms with E-state index in [0.29, 0.717) is 10.9 Å². The molecule has 0 aliphatic carbocycles. The van der Waals surface area contributed by atoms with Crippen LogP contribution in [0.2, 0.25) is 0 Å². The second kappa shape index (κ2) is 10.4. The first-order valence-electron chi connectivity index (χ1n) is 9.19. The van der Waals surface area contributed by atoms with Gasteiger partial charge in [-0.2, -0.15) is 0 Å². The van der Waals surface area contributed by atoms with Gasteiger partial charge in [-0.15, -0.1) is 0 Å². The third-order valence-electron chi connectivity index (χ3n) is 4.30. The largest absolute Gasteiger partial charge is 0.475 e. The number of rotatable bonds is 5. The van der Waals surface area contributed by atoms with E-state index >= 15 is 0 Å². The van der Waals surface area contributed by atoms with E-state index < -0.39 is 19.6 Å². The Labute approximate surface area is 176 Å². The van der Waals surface area contributed by atoms with Gasteiger partial charge >= 0.3 is 19.3 Å². The Morgan fingerprint density at radius 1 is 0.767 bits per heavy atom. The van der Waals surface area contributed by atoms with Crippen molar-refractivity contribution >= 4 is 30.4 Å². The minimum Gasteiger partial charge on any atom is -0.475 e. The molecule has 0 bridgehead atoms. The molecular formula is C24H22O5P+. The SMILES string of the molecule is Cc1cc(C)c(C(=O)[P+](=O)c2ccccc2)c(C)c1.O=C(O)C(=O)c1ccccc1. The lowest BCUT2D eigenvalue weighted by Crippen LogP contribution is -2.12. The molecule has 3 aromatic carbocycles. The van der Waals surface area contributed by atoms with Gasteiger partial charge in [-0.3, -0.25) is 4.79 Å². The summed E-state index contributed by atoms with van der Waals surface area (Å²) in [5.74, 6) is -2.29. The van der Waals surface area contributed by atoms with Crippen molar-refractivity contribution in [1.82, 2.24) is 0 Å². The van der Waals surface area contributed by atoms with Crippen LogP contribution in [-0.2, 0) is 9.36 Å². The molecule has 30 heavy (non-hydrogen) atoms. The van der Waals surface area contributed by atoms with Crippen LogP contribution in [0.5, 0.6) is 0 Å². The highest BCUT2D eigenvalue weighted by molar-refractivity contribution is 7.71. The fraction of sp³-hybridized carbons (Fsp3) is 0.125. The number of hydrogen-bond acceptors (Lipinski definition) is 4. The molecule has 0 heterocycles. The second-order valence-electron chi connectivity index (χ2n) is 6.71. The van der Waals surface area contributed by atoms with Gasteiger partial charge in [0.1, 0.15) is 0 Å². The number of aliphatic carboxylic acids is 1. The number of benzene rings is 3. The van der Waals surface area contributed by atoms with Crippen molar-refractivity contribution in [3.8, 4) is 0 Å². The summed E-state index contributed by atoms with van der Waals surface area (Å²) in [6.07, 6.45) is 0. The first kappa shape index (κ1) is 22.9. The Morgan fingerprint density at radius 3 is 1.70 bits per heavy atom. The third kappa shape index (κ3) is 5.79. The zero-order valence-electron chi connectivity index (χ0n) is 17.0. The minimum absolute atomic E-state index is 0.208. The van der Waals surface area contributed by atoms with Gasteiger partial charge in [-0.25, -0.2) is 9.59 Å². The molecule has 152 valence electrons. The summed E-state index contributed by atoms with van der Waals surface area (Å²) in [6.45, 7) is 5.77. The first-order valence-corrected chi connectivity index (χ1v) is 10.5. The molecule has 0 saturated carbocycles. The molecule has 5 nitrogen and oxygen atoms in total. The van der Waals surface area contributed by atoms with E-state index in [4.69, 9.17) is 5.11 Å². The van der Waals surface area contributed by atoms with Crippen LogP contribution in [0.1, 0.15) is 37.4 Å². The lowest BCUT2D eigenvalue weighted by molar-refractivity contribution is -0.131. The van der Waals surface area contributed by atoms with Crippen LogP contribution in [0.4, 0.5) is 0 Å². The van der Waals surface area contributed by atoms with Gasteiger partial charge in [-0.05, 0) is 44.0 Å². The number of ketones is 1. The lowest BCUT2D eigenvalue weighted by atomic mass is 10.0. The molecule has 3 rings (SSSR count). The van der Waals surface area contributed by atoms with Gasteiger partial charge in [0.2, 0.25) is 0 Å². The second-order valence-corrected chi connectivity index (χ2v) is 8.22. The molecule has 0 saturated heterocycles. The molecule has 0 radical (unpaired) electrons. The summed E-state index contributed by atoms with van der Waals surface area (Å²) < 4.78 is 12.3. The Bertz CT molecular complexity index is 1070. The fourth-order valence-corrected chi connectivity index (χ4v) is 4.25. The van der Waals surface area contributed by atoms with Crippen molar-refractivity contribution in [1.29, 1.82) is 0 Å². The lowest BCUT2D eigenvalue weighted by Gasteiger charge is -2.05. The van der Waals surface area contributed by atoms with E-state index in [9.17, 15) is 18.9 Å². The summed E-state index contributed by atoms with van der Waals surface area (Å²) in [5.41, 5.74) is 3.41. The highest BCUT2D eigenvalue weighted by Crippen LogP contribution is 2.30. The van der Waals surface area contributed by atoms with Crippen LogP contribution in [-0.4, -0.2) is 22.4 Å². The average molecular weight is 421 g/mol. The summed E-state index contributed by atoms with van der Waals surface area (Å²) in [6, 6.07) is 20.7. The maximum atomic E-state index is 12.4. The molecule has 6 heteroatoms. The van der Waals surface area contributed by atoms with Crippen LogP contribution in [0.15, 0.2) is 72.8 Å². The predicted octanol–water partition coefficient (Wildman–Crippen LogP) is 4.86. The number of carboxylic acid groups (broad SMARTS) is 1. The Kier molecular flexibility index (Phi) is 7.90. The van der Waals surface area contributed by atoms with Crippen molar-refractivity contribution in [3.63, 3.8) is 0 Å². The maximum absolute atomic E-state index is 12.4. The normalized spacial score (nSPS) is 10.4. The zero-order valence-corrected chi connectivity index (χ0v) is 17.9. The number of carboxylic acids is 1. The number of carbonyl (C=O) groups is 3. The molecule has 0 fully saturated rings. The van der Waals surface area contributed by atoms with Crippen LogP contribution >= 0.6 is 7.80 Å². The van der Waals surface area contributed by atoms with Crippen LogP contribution in [0.25, 0.3) is 0 Å². The highest BCUT2D eigenvalue weighted by atomic mass is 31.1. The fourth-order valence-electron chi connectivity index (χ4n) is 3.01. The van der Waals surface area contributed by atoms with E-state index in [1.165, 1.54) is 12.1 Å². The van der Waals surface area contributed by atoms with Gasteiger partial charge in [0, 0.05) is 5.56 Å². The summed E-state index contributed by atoms with van der Waals surface area (Å²) in [4.78, 5) is 33.3. The van der Waals surface area contributed by atoms with Crippen molar-refractivity contribution in [3.05, 3.63) is 101 Å². The standard InChI is InChI=1S/C16H16O2P.C8H6O3/c1-11-9-12(2)15(13(3)10-11)16(17)19(18)14-7-5-4-6-8-14;9-7(8(10)11)6-4-2-1-3-5-6/h4-10H,1-3H3;1-5H,(H,10,11)/q+1;. The van der Waals surface area contributed by atoms with Crippen molar-refractivity contribution in [2.24, 2.45) is 0 Å². The van der Waals surface area contributed by atoms with E-state index in [-0.39, 0.29) is 11.1 Å². The predicted molar refractivity (Wildman–Crippen MR) is 117 cm³/mol. The van der Waals surface area contributed by atoms with Crippen molar-refractivity contribution < 1.29 is 24.1 Å². The summed E-state index contributed by atoms with van der Waals surface area (Å²) in [7, 11) is -2.04. The molecule has 1 unspecified atom stereocenters. The van der Waals surface area contributed by atoms with E-state index in [1.54, 1.807) is 42.5 Å². The van der Waals surface area contributed by atoms with Gasteiger partial charge in [0.25, 0.3) is 5.78 Å². The molecule has 0 aliphatic rings. The zero-order chi connectivity index (χ0) is 22.3. The number of hydrogen-bond donors (Lipinski definition) is 1. The maximum Gasteiger partial charge on any atom is 0.458 e. The summed E-state index contributed by atoms with van der Waals surface area (Å²) in [5, 5.41) is 8.87. The minimum atomic E-state index is -2.04. The molecule has 0 aromatic heterocycles. The smallest absolute Gasteiger partial charge is 0.458 e. The van der Waals surface area contributed by atoms with E-state index in [0.717, 1.165) is 16.7 Å². The molecule has 1 N–H and O–H groups in total. The first-order chi connectivity index (χ1) is 14.2.